The van der Waals surface area contributed by atoms with Gasteiger partial charge >= 0.3 is 17.1 Å². The summed E-state index contributed by atoms with van der Waals surface area (Å²) in [5.41, 5.74) is 0.884. The van der Waals surface area contributed by atoms with Crippen LogP contribution in [0.15, 0.2) is 66.0 Å². The van der Waals surface area contributed by atoms with Crippen LogP contribution in [0.4, 0.5) is 0 Å². The number of allylic oxidation sites excluding steroid dienone is 6. The summed E-state index contributed by atoms with van der Waals surface area (Å²) in [5, 5.41) is 11.7. The second-order valence-electron chi connectivity index (χ2n) is 6.14. The van der Waals surface area contributed by atoms with Gasteiger partial charge < -0.3 is 5.11 Å². The number of rotatable bonds is 10. The minimum Gasteiger partial charge on any atom is -0.875 e. The summed E-state index contributed by atoms with van der Waals surface area (Å²) in [4.78, 5) is 0. The molecule has 1 aliphatic rings. The van der Waals surface area contributed by atoms with Gasteiger partial charge in [-0.25, -0.2) is 12.1 Å². The molecule has 134 valence electrons. The van der Waals surface area contributed by atoms with Crippen LogP contribution in [0.3, 0.4) is 0 Å². The van der Waals surface area contributed by atoms with Gasteiger partial charge in [0.15, 0.2) is 0 Å². The van der Waals surface area contributed by atoms with Crippen molar-refractivity contribution in [3.05, 3.63) is 66.0 Å². The minimum atomic E-state index is 0. The maximum atomic E-state index is 11.7. The third-order valence-corrected chi connectivity index (χ3v) is 4.05. The van der Waals surface area contributed by atoms with Gasteiger partial charge in [0.25, 0.3) is 0 Å². The molecule has 2 rings (SSSR count). The monoisotopic (exact) mass is 368 g/mol. The van der Waals surface area contributed by atoms with E-state index < -0.39 is 0 Å². The molecule has 0 aromatic heterocycles. The van der Waals surface area contributed by atoms with Crippen molar-refractivity contribution < 1.29 is 22.2 Å². The first-order chi connectivity index (χ1) is 11.3. The van der Waals surface area contributed by atoms with Gasteiger partial charge in [0.1, 0.15) is 0 Å². The molecule has 0 bridgehead atoms. The van der Waals surface area contributed by atoms with Gasteiger partial charge in [0, 0.05) is 0 Å². The fourth-order valence-corrected chi connectivity index (χ4v) is 2.62. The SMILES string of the molecule is CCCCCCCCCCCC([O-])=C1C=CC=C1.[Fe+2].c1cc[cH-]c1. The molecule has 0 amide bonds. The molecule has 0 saturated carbocycles. The Balaban J connectivity index is 0.000000751. The maximum absolute atomic E-state index is 11.7. The van der Waals surface area contributed by atoms with E-state index >= 15 is 0 Å². The predicted molar refractivity (Wildman–Crippen MR) is 99.2 cm³/mol. The zero-order valence-corrected chi connectivity index (χ0v) is 16.1. The van der Waals surface area contributed by atoms with Crippen molar-refractivity contribution >= 4 is 0 Å². The van der Waals surface area contributed by atoms with E-state index in [9.17, 15) is 5.11 Å². The first-order valence-electron chi connectivity index (χ1n) is 9.26. The van der Waals surface area contributed by atoms with Crippen LogP contribution in [-0.4, -0.2) is 0 Å². The van der Waals surface area contributed by atoms with Gasteiger partial charge in [-0.1, -0.05) is 89.0 Å². The van der Waals surface area contributed by atoms with Crippen molar-refractivity contribution in [1.29, 1.82) is 0 Å². The third-order valence-electron chi connectivity index (χ3n) is 4.05. The Morgan fingerprint density at radius 1 is 0.833 bits per heavy atom. The van der Waals surface area contributed by atoms with Crippen molar-refractivity contribution in [3.63, 3.8) is 0 Å². The Morgan fingerprint density at radius 3 is 1.79 bits per heavy atom. The van der Waals surface area contributed by atoms with Crippen molar-refractivity contribution in [2.24, 2.45) is 0 Å². The van der Waals surface area contributed by atoms with Crippen molar-refractivity contribution in [1.82, 2.24) is 0 Å². The molecule has 1 aromatic rings. The van der Waals surface area contributed by atoms with Crippen LogP contribution in [0.2, 0.25) is 0 Å². The summed E-state index contributed by atoms with van der Waals surface area (Å²) in [7, 11) is 0. The summed E-state index contributed by atoms with van der Waals surface area (Å²) < 4.78 is 0. The molecule has 0 saturated heterocycles. The Bertz CT molecular complexity index is 423. The number of unbranched alkanes of at least 4 members (excludes halogenated alkanes) is 8. The summed E-state index contributed by atoms with van der Waals surface area (Å²) in [6.45, 7) is 2.25. The summed E-state index contributed by atoms with van der Waals surface area (Å²) in [6.07, 6.45) is 20.2. The molecule has 0 N–H and O–H groups in total. The van der Waals surface area contributed by atoms with Crippen LogP contribution in [0.25, 0.3) is 0 Å². The molecule has 1 nitrogen and oxygen atoms in total. The average molecular weight is 368 g/mol. The molecule has 0 radical (unpaired) electrons. The largest absolute Gasteiger partial charge is 2.00 e. The van der Waals surface area contributed by atoms with Gasteiger partial charge in [0.05, 0.1) is 0 Å². The van der Waals surface area contributed by atoms with E-state index in [1.165, 1.54) is 51.4 Å². The Hall–Kier alpha value is -1.11. The molecule has 1 aliphatic carbocycles. The van der Waals surface area contributed by atoms with Gasteiger partial charge in [-0.2, -0.15) is 18.2 Å². The Morgan fingerprint density at radius 2 is 1.33 bits per heavy atom. The quantitative estimate of drug-likeness (QED) is 0.213. The molecule has 0 heterocycles. The van der Waals surface area contributed by atoms with E-state index in [0.717, 1.165) is 18.4 Å². The number of hydrogen-bond donors (Lipinski definition) is 0. The standard InChI is InChI=1S/C17H28O.C5H5.Fe/c1-2-3-4-5-6-7-8-9-10-15-17(18)16-13-11-12-14-16;1-2-4-5-3-1;/h11-14,18H,2-10,15H2,1H3;1-5H;/q;-1;+2/p-1. The van der Waals surface area contributed by atoms with Gasteiger partial charge in [0.2, 0.25) is 0 Å². The zero-order valence-electron chi connectivity index (χ0n) is 15.0. The van der Waals surface area contributed by atoms with Gasteiger partial charge in [-0.15, -0.1) is 5.76 Å². The molecule has 24 heavy (non-hydrogen) atoms. The molecule has 0 unspecified atom stereocenters. The first-order valence-corrected chi connectivity index (χ1v) is 9.26. The van der Waals surface area contributed by atoms with Crippen LogP contribution in [0, 0.1) is 0 Å². The zero-order chi connectivity index (χ0) is 16.6. The molecule has 0 fully saturated rings. The van der Waals surface area contributed by atoms with Gasteiger partial charge in [-0.05, 0) is 12.0 Å². The molecule has 2 heteroatoms. The molecular formula is C22H32FeO. The van der Waals surface area contributed by atoms with E-state index in [4.69, 9.17) is 0 Å². The molecule has 0 spiro atoms. The Kier molecular flexibility index (Phi) is 16.0. The third kappa shape index (κ3) is 12.3. The maximum Gasteiger partial charge on any atom is 2.00 e. The molecule has 0 atom stereocenters. The Labute approximate surface area is 159 Å². The second kappa shape index (κ2) is 16.7. The van der Waals surface area contributed by atoms with Crippen molar-refractivity contribution in [3.8, 4) is 0 Å². The molecule has 1 aromatic carbocycles. The van der Waals surface area contributed by atoms with E-state index in [-0.39, 0.29) is 17.1 Å². The van der Waals surface area contributed by atoms with Crippen LogP contribution in [0.1, 0.15) is 71.1 Å². The van der Waals surface area contributed by atoms with E-state index in [1.807, 2.05) is 54.6 Å². The predicted octanol–water partition coefficient (Wildman–Crippen LogP) is 6.05. The smallest absolute Gasteiger partial charge is 0.875 e. The van der Waals surface area contributed by atoms with E-state index in [0.29, 0.717) is 5.76 Å². The van der Waals surface area contributed by atoms with Gasteiger partial charge in [-0.3, -0.25) is 0 Å². The fraction of sp³-hybridized carbons (Fsp3) is 0.500. The minimum absolute atomic E-state index is 0. The molecular weight excluding hydrogens is 336 g/mol. The van der Waals surface area contributed by atoms with E-state index in [2.05, 4.69) is 6.92 Å². The van der Waals surface area contributed by atoms with Crippen molar-refractivity contribution in [2.75, 3.05) is 0 Å². The fourth-order valence-electron chi connectivity index (χ4n) is 2.62. The average Bonchev–Trinajstić information content (AvgIpc) is 3.28. The van der Waals surface area contributed by atoms with Crippen LogP contribution < -0.4 is 5.11 Å². The second-order valence-corrected chi connectivity index (χ2v) is 6.14. The summed E-state index contributed by atoms with van der Waals surface area (Å²) in [5.74, 6) is 0.308. The summed E-state index contributed by atoms with van der Waals surface area (Å²) in [6, 6.07) is 10.0. The first kappa shape index (κ1) is 22.9. The normalized spacial score (nSPS) is 11.8. The van der Waals surface area contributed by atoms with Crippen LogP contribution in [0.5, 0.6) is 0 Å². The molecule has 0 aliphatic heterocycles. The van der Waals surface area contributed by atoms with Crippen molar-refractivity contribution in [2.45, 2.75) is 71.1 Å². The number of hydrogen-bond acceptors (Lipinski definition) is 1. The summed E-state index contributed by atoms with van der Waals surface area (Å²) >= 11 is 0. The van der Waals surface area contributed by atoms with E-state index in [1.54, 1.807) is 0 Å². The topological polar surface area (TPSA) is 23.1 Å². The van der Waals surface area contributed by atoms with Crippen LogP contribution >= 0.6 is 0 Å². The van der Waals surface area contributed by atoms with Crippen LogP contribution in [-0.2, 0) is 17.1 Å².